The Morgan fingerprint density at radius 2 is 2.21 bits per heavy atom. The predicted molar refractivity (Wildman–Crippen MR) is 57.8 cm³/mol. The monoisotopic (exact) mass is 198 g/mol. The number of nitrogens with one attached hydrogen (secondary N) is 1. The molecule has 0 radical (unpaired) electrons. The Kier molecular flexibility index (Phi) is 4.39. The highest BCUT2D eigenvalue weighted by Gasteiger charge is 2.28. The first-order valence-electron chi connectivity index (χ1n) is 5.65. The first-order chi connectivity index (χ1) is 6.63. The van der Waals surface area contributed by atoms with Crippen LogP contribution in [0.4, 0.5) is 0 Å². The SMILES string of the molecule is CCC(C)CC(=O)NCC(N)C1CC1. The van der Waals surface area contributed by atoms with Crippen molar-refractivity contribution < 1.29 is 4.79 Å². The zero-order valence-electron chi connectivity index (χ0n) is 9.25. The molecule has 2 unspecified atom stereocenters. The first kappa shape index (κ1) is 11.5. The van der Waals surface area contributed by atoms with Gasteiger partial charge in [-0.3, -0.25) is 4.79 Å². The van der Waals surface area contributed by atoms with E-state index in [1.54, 1.807) is 0 Å². The lowest BCUT2D eigenvalue weighted by Gasteiger charge is -2.13. The van der Waals surface area contributed by atoms with Crippen LogP contribution in [0.25, 0.3) is 0 Å². The number of amides is 1. The highest BCUT2D eigenvalue weighted by molar-refractivity contribution is 5.76. The Hall–Kier alpha value is -0.570. The molecule has 0 aliphatic heterocycles. The highest BCUT2D eigenvalue weighted by atomic mass is 16.1. The molecule has 3 N–H and O–H groups in total. The molecule has 2 atom stereocenters. The number of carbonyl (C=O) groups excluding carboxylic acids is 1. The first-order valence-corrected chi connectivity index (χ1v) is 5.65. The third-order valence-corrected chi connectivity index (χ3v) is 2.99. The fourth-order valence-corrected chi connectivity index (χ4v) is 1.46. The summed E-state index contributed by atoms with van der Waals surface area (Å²) in [7, 11) is 0. The molecule has 0 spiro atoms. The van der Waals surface area contributed by atoms with Crippen LogP contribution in [0, 0.1) is 11.8 Å². The Balaban J connectivity index is 2.07. The van der Waals surface area contributed by atoms with Gasteiger partial charge in [0.2, 0.25) is 5.91 Å². The van der Waals surface area contributed by atoms with Crippen molar-refractivity contribution in [3.63, 3.8) is 0 Å². The van der Waals surface area contributed by atoms with Gasteiger partial charge >= 0.3 is 0 Å². The Bertz CT molecular complexity index is 190. The summed E-state index contributed by atoms with van der Waals surface area (Å²) < 4.78 is 0. The molecule has 14 heavy (non-hydrogen) atoms. The second kappa shape index (κ2) is 5.35. The minimum atomic E-state index is 0.149. The summed E-state index contributed by atoms with van der Waals surface area (Å²) in [5.74, 6) is 1.29. The summed E-state index contributed by atoms with van der Waals surface area (Å²) in [6, 6.07) is 0.177. The van der Waals surface area contributed by atoms with E-state index in [-0.39, 0.29) is 11.9 Å². The summed E-state index contributed by atoms with van der Waals surface area (Å²) in [4.78, 5) is 11.4. The molecule has 1 fully saturated rings. The molecule has 1 aliphatic carbocycles. The summed E-state index contributed by atoms with van der Waals surface area (Å²) in [5, 5.41) is 2.91. The molecule has 0 bridgehead atoms. The molecule has 0 aromatic carbocycles. The molecule has 0 saturated heterocycles. The summed E-state index contributed by atoms with van der Waals surface area (Å²) >= 11 is 0. The largest absolute Gasteiger partial charge is 0.355 e. The molecule has 1 rings (SSSR count). The number of hydrogen-bond acceptors (Lipinski definition) is 2. The van der Waals surface area contributed by atoms with E-state index >= 15 is 0 Å². The number of carbonyl (C=O) groups is 1. The summed E-state index contributed by atoms with van der Waals surface area (Å²) in [6.45, 7) is 4.86. The Morgan fingerprint density at radius 3 is 2.71 bits per heavy atom. The van der Waals surface area contributed by atoms with E-state index < -0.39 is 0 Å². The molecule has 3 nitrogen and oxygen atoms in total. The van der Waals surface area contributed by atoms with Crippen molar-refractivity contribution in [2.45, 2.75) is 45.6 Å². The van der Waals surface area contributed by atoms with Crippen LogP contribution in [-0.2, 0) is 4.79 Å². The van der Waals surface area contributed by atoms with Crippen molar-refractivity contribution in [1.29, 1.82) is 0 Å². The van der Waals surface area contributed by atoms with E-state index in [9.17, 15) is 4.79 Å². The van der Waals surface area contributed by atoms with Crippen LogP contribution >= 0.6 is 0 Å². The lowest BCUT2D eigenvalue weighted by molar-refractivity contribution is -0.122. The van der Waals surface area contributed by atoms with Gasteiger partial charge in [-0.25, -0.2) is 0 Å². The van der Waals surface area contributed by atoms with Crippen LogP contribution in [0.2, 0.25) is 0 Å². The predicted octanol–water partition coefficient (Wildman–Crippen LogP) is 1.28. The number of rotatable bonds is 6. The minimum absolute atomic E-state index is 0.149. The van der Waals surface area contributed by atoms with Gasteiger partial charge in [0.1, 0.15) is 0 Å². The van der Waals surface area contributed by atoms with Crippen LogP contribution in [-0.4, -0.2) is 18.5 Å². The molecule has 1 saturated carbocycles. The average molecular weight is 198 g/mol. The smallest absolute Gasteiger partial charge is 0.220 e. The molecule has 0 aromatic rings. The van der Waals surface area contributed by atoms with Gasteiger partial charge in [-0.05, 0) is 24.7 Å². The van der Waals surface area contributed by atoms with Crippen LogP contribution in [0.1, 0.15) is 39.5 Å². The van der Waals surface area contributed by atoms with Crippen LogP contribution < -0.4 is 11.1 Å². The summed E-state index contributed by atoms with van der Waals surface area (Å²) in [5.41, 5.74) is 5.88. The zero-order chi connectivity index (χ0) is 10.6. The Labute approximate surface area is 86.4 Å². The standard InChI is InChI=1S/C11H22N2O/c1-3-8(2)6-11(14)13-7-10(12)9-4-5-9/h8-10H,3-7,12H2,1-2H3,(H,13,14). The van der Waals surface area contributed by atoms with Crippen molar-refractivity contribution in [1.82, 2.24) is 5.32 Å². The lowest BCUT2D eigenvalue weighted by Crippen LogP contribution is -2.38. The topological polar surface area (TPSA) is 55.1 Å². The van der Waals surface area contributed by atoms with E-state index in [1.165, 1.54) is 12.8 Å². The average Bonchev–Trinajstić information content (AvgIpc) is 2.97. The van der Waals surface area contributed by atoms with Crippen LogP contribution in [0.15, 0.2) is 0 Å². The van der Waals surface area contributed by atoms with Crippen molar-refractivity contribution in [2.24, 2.45) is 17.6 Å². The van der Waals surface area contributed by atoms with Crippen LogP contribution in [0.3, 0.4) is 0 Å². The molecule has 3 heteroatoms. The van der Waals surface area contributed by atoms with E-state index in [1.807, 2.05) is 0 Å². The number of nitrogens with two attached hydrogens (primary N) is 1. The lowest BCUT2D eigenvalue weighted by atomic mass is 10.0. The molecule has 82 valence electrons. The molecule has 1 aliphatic rings. The van der Waals surface area contributed by atoms with Gasteiger partial charge in [-0.15, -0.1) is 0 Å². The van der Waals surface area contributed by atoms with Crippen molar-refractivity contribution >= 4 is 5.91 Å². The number of hydrogen-bond donors (Lipinski definition) is 2. The van der Waals surface area contributed by atoms with Gasteiger partial charge < -0.3 is 11.1 Å². The van der Waals surface area contributed by atoms with E-state index in [0.717, 1.165) is 6.42 Å². The fraction of sp³-hybridized carbons (Fsp3) is 0.909. The maximum absolute atomic E-state index is 11.4. The van der Waals surface area contributed by atoms with Crippen molar-refractivity contribution in [3.05, 3.63) is 0 Å². The Morgan fingerprint density at radius 1 is 1.57 bits per heavy atom. The highest BCUT2D eigenvalue weighted by Crippen LogP contribution is 2.31. The molecule has 0 aromatic heterocycles. The third kappa shape index (κ3) is 4.09. The van der Waals surface area contributed by atoms with Gasteiger partial charge in [-0.2, -0.15) is 0 Å². The maximum atomic E-state index is 11.4. The maximum Gasteiger partial charge on any atom is 0.220 e. The van der Waals surface area contributed by atoms with Crippen LogP contribution in [0.5, 0.6) is 0 Å². The minimum Gasteiger partial charge on any atom is -0.355 e. The zero-order valence-corrected chi connectivity index (χ0v) is 9.25. The van der Waals surface area contributed by atoms with Crippen molar-refractivity contribution in [3.8, 4) is 0 Å². The van der Waals surface area contributed by atoms with Gasteiger partial charge in [0.05, 0.1) is 0 Å². The summed E-state index contributed by atoms with van der Waals surface area (Å²) in [6.07, 6.45) is 4.17. The van der Waals surface area contributed by atoms with E-state index in [2.05, 4.69) is 19.2 Å². The quantitative estimate of drug-likeness (QED) is 0.675. The normalized spacial score (nSPS) is 20.2. The molecule has 0 heterocycles. The fourth-order valence-electron chi connectivity index (χ4n) is 1.46. The van der Waals surface area contributed by atoms with E-state index in [4.69, 9.17) is 5.73 Å². The second-order valence-corrected chi connectivity index (χ2v) is 4.52. The molecule has 1 amide bonds. The molecular formula is C11H22N2O. The van der Waals surface area contributed by atoms with Gasteiger partial charge in [0.15, 0.2) is 0 Å². The van der Waals surface area contributed by atoms with E-state index in [0.29, 0.717) is 24.8 Å². The van der Waals surface area contributed by atoms with Gasteiger partial charge in [-0.1, -0.05) is 20.3 Å². The van der Waals surface area contributed by atoms with Gasteiger partial charge in [0.25, 0.3) is 0 Å². The van der Waals surface area contributed by atoms with Gasteiger partial charge in [0, 0.05) is 19.0 Å². The molecular weight excluding hydrogens is 176 g/mol. The second-order valence-electron chi connectivity index (χ2n) is 4.52. The third-order valence-electron chi connectivity index (χ3n) is 2.99. The van der Waals surface area contributed by atoms with Crippen molar-refractivity contribution in [2.75, 3.05) is 6.54 Å².